The summed E-state index contributed by atoms with van der Waals surface area (Å²) in [6, 6.07) is 0. The van der Waals surface area contributed by atoms with Crippen LogP contribution in [0, 0.1) is 0 Å². The van der Waals surface area contributed by atoms with Crippen molar-refractivity contribution in [2.24, 2.45) is 0 Å². The van der Waals surface area contributed by atoms with Crippen LogP contribution in [0.25, 0.3) is 0 Å². The fraction of sp³-hybridized carbons (Fsp3) is 0.400. The van der Waals surface area contributed by atoms with Crippen LogP contribution >= 0.6 is 0 Å². The maximum atomic E-state index is 9.80. The monoisotopic (exact) mass is 116 g/mol. The zero-order valence-corrected chi connectivity index (χ0v) is 4.42. The quantitative estimate of drug-likeness (QED) is 0.510. The second-order valence-corrected chi connectivity index (χ2v) is 1.48. The first-order valence-corrected chi connectivity index (χ1v) is 2.16. The van der Waals surface area contributed by atoms with Gasteiger partial charge >= 0.3 is 5.97 Å². The van der Waals surface area contributed by atoms with Crippen LogP contribution in [0.3, 0.4) is 0 Å². The van der Waals surface area contributed by atoms with Crippen molar-refractivity contribution >= 4 is 5.97 Å². The highest BCUT2D eigenvalue weighted by atomic mass is 16.4. The van der Waals surface area contributed by atoms with Gasteiger partial charge in [0.2, 0.25) is 0 Å². The first kappa shape index (κ1) is 7.17. The topological polar surface area (TPSA) is 57.5 Å². The summed E-state index contributed by atoms with van der Waals surface area (Å²) in [6.45, 7) is 3.04. The van der Waals surface area contributed by atoms with Crippen molar-refractivity contribution in [3.8, 4) is 0 Å². The predicted molar refractivity (Wildman–Crippen MR) is 28.5 cm³/mol. The second kappa shape index (κ2) is 3.21. The maximum absolute atomic E-state index is 9.80. The van der Waals surface area contributed by atoms with E-state index in [1.54, 1.807) is 0 Å². The Morgan fingerprint density at radius 2 is 2.12 bits per heavy atom. The van der Waals surface area contributed by atoms with Gasteiger partial charge in [0.15, 0.2) is 0 Å². The summed E-state index contributed by atoms with van der Waals surface area (Å²) < 4.78 is 0. The lowest BCUT2D eigenvalue weighted by molar-refractivity contribution is -0.136. The van der Waals surface area contributed by atoms with Crippen LogP contribution in [0.2, 0.25) is 0 Å². The predicted octanol–water partition coefficient (Wildman–Crippen LogP) is 0.00960. The van der Waals surface area contributed by atoms with Crippen LogP contribution in [-0.4, -0.2) is 22.8 Å². The second-order valence-electron chi connectivity index (χ2n) is 1.48. The van der Waals surface area contributed by atoms with E-state index < -0.39 is 5.97 Å². The van der Waals surface area contributed by atoms with E-state index in [-0.39, 0.29) is 13.0 Å². The first-order valence-electron chi connectivity index (χ1n) is 2.16. The average Bonchev–Trinajstić information content (AvgIpc) is 1.65. The van der Waals surface area contributed by atoms with Crippen molar-refractivity contribution in [1.82, 2.24) is 0 Å². The van der Waals surface area contributed by atoms with Gasteiger partial charge in [-0.2, -0.15) is 0 Å². The Kier molecular flexibility index (Phi) is 2.88. The maximum Gasteiger partial charge on any atom is 0.307 e. The Labute approximate surface area is 47.3 Å². The molecular formula is C5H8O3. The van der Waals surface area contributed by atoms with Crippen LogP contribution in [-0.2, 0) is 4.79 Å². The normalized spacial score (nSPS) is 8.62. The largest absolute Gasteiger partial charge is 0.481 e. The van der Waals surface area contributed by atoms with E-state index in [9.17, 15) is 4.79 Å². The van der Waals surface area contributed by atoms with Crippen molar-refractivity contribution in [2.45, 2.75) is 6.42 Å². The number of aliphatic hydroxyl groups excluding tert-OH is 1. The van der Waals surface area contributed by atoms with Crippen molar-refractivity contribution in [3.05, 3.63) is 12.2 Å². The summed E-state index contributed by atoms with van der Waals surface area (Å²) in [7, 11) is 0. The third kappa shape index (κ3) is 3.36. The minimum atomic E-state index is -0.955. The van der Waals surface area contributed by atoms with E-state index in [0.717, 1.165) is 0 Å². The van der Waals surface area contributed by atoms with Crippen LogP contribution < -0.4 is 0 Å². The molecule has 0 aromatic heterocycles. The Bertz CT molecular complexity index is 106. The molecule has 0 fully saturated rings. The molecule has 0 saturated carbocycles. The van der Waals surface area contributed by atoms with Gasteiger partial charge in [-0.3, -0.25) is 4.79 Å². The zero-order valence-electron chi connectivity index (χ0n) is 4.42. The van der Waals surface area contributed by atoms with E-state index in [1.807, 2.05) is 0 Å². The molecule has 0 rings (SSSR count). The molecule has 0 aliphatic rings. The lowest BCUT2D eigenvalue weighted by Crippen LogP contribution is -1.98. The summed E-state index contributed by atoms with van der Waals surface area (Å²) in [5.74, 6) is -0.955. The fourth-order valence-corrected chi connectivity index (χ4v) is 0.270. The summed E-state index contributed by atoms with van der Waals surface area (Å²) in [5, 5.41) is 16.3. The minimum absolute atomic E-state index is 0.142. The number of hydrogen-bond donors (Lipinski definition) is 2. The molecule has 0 radical (unpaired) electrons. The summed E-state index contributed by atoms with van der Waals surface area (Å²) in [6.07, 6.45) is -0.142. The molecule has 3 heteroatoms. The highest BCUT2D eigenvalue weighted by Crippen LogP contribution is 1.93. The van der Waals surface area contributed by atoms with Crippen molar-refractivity contribution < 1.29 is 15.0 Å². The minimum Gasteiger partial charge on any atom is -0.481 e. The van der Waals surface area contributed by atoms with Gasteiger partial charge in [-0.05, 0) is 5.57 Å². The van der Waals surface area contributed by atoms with E-state index in [4.69, 9.17) is 10.2 Å². The van der Waals surface area contributed by atoms with Gasteiger partial charge in [-0.15, -0.1) is 0 Å². The van der Waals surface area contributed by atoms with Gasteiger partial charge in [0.1, 0.15) is 0 Å². The van der Waals surface area contributed by atoms with Crippen LogP contribution in [0.1, 0.15) is 6.42 Å². The van der Waals surface area contributed by atoms with Crippen LogP contribution in [0.4, 0.5) is 0 Å². The Morgan fingerprint density at radius 1 is 1.62 bits per heavy atom. The molecule has 3 nitrogen and oxygen atoms in total. The zero-order chi connectivity index (χ0) is 6.57. The van der Waals surface area contributed by atoms with Crippen LogP contribution in [0.5, 0.6) is 0 Å². The molecule has 0 spiro atoms. The highest BCUT2D eigenvalue weighted by Gasteiger charge is 1.97. The number of carbonyl (C=O) groups is 1. The molecule has 8 heavy (non-hydrogen) atoms. The molecule has 0 heterocycles. The number of rotatable bonds is 3. The standard InChI is InChI=1S/C5H8O3/c1-4(3-6)2-5(7)8/h6H,1-3H2,(H,7,8). The SMILES string of the molecule is C=C(CO)CC(=O)O. The number of carboxylic acid groups (broad SMARTS) is 1. The van der Waals surface area contributed by atoms with Crippen LogP contribution in [0.15, 0.2) is 12.2 Å². The lowest BCUT2D eigenvalue weighted by atomic mass is 10.2. The van der Waals surface area contributed by atoms with Gasteiger partial charge in [-0.1, -0.05) is 6.58 Å². The van der Waals surface area contributed by atoms with E-state index in [0.29, 0.717) is 5.57 Å². The molecule has 0 aliphatic carbocycles. The number of aliphatic carboxylic acids is 1. The van der Waals surface area contributed by atoms with Gasteiger partial charge < -0.3 is 10.2 Å². The van der Waals surface area contributed by atoms with Gasteiger partial charge in [-0.25, -0.2) is 0 Å². The van der Waals surface area contributed by atoms with Crippen molar-refractivity contribution in [1.29, 1.82) is 0 Å². The molecule has 0 aliphatic heterocycles. The molecule has 46 valence electrons. The molecule has 2 N–H and O–H groups in total. The Balaban J connectivity index is 3.40. The average molecular weight is 116 g/mol. The smallest absolute Gasteiger partial charge is 0.307 e. The van der Waals surface area contributed by atoms with E-state index in [2.05, 4.69) is 6.58 Å². The third-order valence-corrected chi connectivity index (χ3v) is 0.625. The summed E-state index contributed by atoms with van der Waals surface area (Å²) >= 11 is 0. The van der Waals surface area contributed by atoms with E-state index in [1.165, 1.54) is 0 Å². The van der Waals surface area contributed by atoms with Crippen molar-refractivity contribution in [3.63, 3.8) is 0 Å². The van der Waals surface area contributed by atoms with E-state index >= 15 is 0 Å². The molecule has 0 unspecified atom stereocenters. The molecule has 0 saturated heterocycles. The molecule has 0 bridgehead atoms. The number of hydrogen-bond acceptors (Lipinski definition) is 2. The highest BCUT2D eigenvalue weighted by molar-refractivity contribution is 5.69. The third-order valence-electron chi connectivity index (χ3n) is 0.625. The Morgan fingerprint density at radius 3 is 2.25 bits per heavy atom. The van der Waals surface area contributed by atoms with Gasteiger partial charge in [0, 0.05) is 0 Å². The van der Waals surface area contributed by atoms with Crippen molar-refractivity contribution in [2.75, 3.05) is 6.61 Å². The molecule has 0 atom stereocenters. The Hall–Kier alpha value is -0.830. The molecular weight excluding hydrogens is 108 g/mol. The lowest BCUT2D eigenvalue weighted by Gasteiger charge is -1.92. The fourth-order valence-electron chi connectivity index (χ4n) is 0.270. The number of aliphatic hydroxyl groups is 1. The summed E-state index contributed by atoms with van der Waals surface area (Å²) in [5.41, 5.74) is 0.331. The first-order chi connectivity index (χ1) is 3.66. The molecule has 0 aromatic rings. The van der Waals surface area contributed by atoms with Gasteiger partial charge in [0.25, 0.3) is 0 Å². The van der Waals surface area contributed by atoms with Gasteiger partial charge in [0.05, 0.1) is 13.0 Å². The summed E-state index contributed by atoms with van der Waals surface area (Å²) in [4.78, 5) is 9.80. The number of carboxylic acids is 1. The molecule has 0 amide bonds. The molecule has 0 aromatic carbocycles.